The second-order valence-corrected chi connectivity index (χ2v) is 8.31. The van der Waals surface area contributed by atoms with Gasteiger partial charge in [-0.05, 0) is 81.3 Å². The molecule has 0 radical (unpaired) electrons. The predicted molar refractivity (Wildman–Crippen MR) is 117 cm³/mol. The lowest BCUT2D eigenvalue weighted by Gasteiger charge is -2.29. The average molecular weight is 441 g/mol. The fourth-order valence-corrected chi connectivity index (χ4v) is 4.20. The van der Waals surface area contributed by atoms with Gasteiger partial charge in [-0.25, -0.2) is 4.39 Å². The van der Waals surface area contributed by atoms with Gasteiger partial charge in [0.1, 0.15) is 11.4 Å². The number of hydrogen-bond donors (Lipinski definition) is 2. The highest BCUT2D eigenvalue weighted by Gasteiger charge is 2.45. The Hall–Kier alpha value is -2.83. The Kier molecular flexibility index (Phi) is 5.79. The average Bonchev–Trinajstić information content (AvgIpc) is 3.14. The molecule has 0 heterocycles. The summed E-state index contributed by atoms with van der Waals surface area (Å²) in [5.41, 5.74) is 1.79. The second kappa shape index (κ2) is 8.50. The van der Waals surface area contributed by atoms with E-state index < -0.39 is 17.3 Å². The highest BCUT2D eigenvalue weighted by Crippen LogP contribution is 2.32. The molecule has 0 aliphatic heterocycles. The molecule has 1 aliphatic rings. The SMILES string of the molecule is O=C(NC1(C(=O)Nc2ccc(SCl)cc2)Cc2ccccc2C1)c1ccc(F)cc1. The molecule has 30 heavy (non-hydrogen) atoms. The van der Waals surface area contributed by atoms with Crippen LogP contribution >= 0.6 is 21.7 Å². The Morgan fingerprint density at radius 3 is 2.07 bits per heavy atom. The Morgan fingerprint density at radius 2 is 1.50 bits per heavy atom. The van der Waals surface area contributed by atoms with Crippen molar-refractivity contribution in [1.29, 1.82) is 0 Å². The molecule has 0 saturated carbocycles. The Balaban J connectivity index is 1.61. The molecule has 2 amide bonds. The first kappa shape index (κ1) is 20.4. The lowest BCUT2D eigenvalue weighted by atomic mass is 9.93. The number of benzene rings is 3. The van der Waals surface area contributed by atoms with Crippen LogP contribution in [0, 0.1) is 5.82 Å². The fraction of sp³-hybridized carbons (Fsp3) is 0.130. The molecule has 3 aromatic carbocycles. The van der Waals surface area contributed by atoms with E-state index in [4.69, 9.17) is 10.7 Å². The number of carbonyl (C=O) groups excluding carboxylic acids is 2. The maximum absolute atomic E-state index is 13.4. The summed E-state index contributed by atoms with van der Waals surface area (Å²) in [6.45, 7) is 0. The molecular formula is C23H18ClFN2O2S. The van der Waals surface area contributed by atoms with Gasteiger partial charge in [-0.2, -0.15) is 0 Å². The second-order valence-electron chi connectivity index (χ2n) is 7.22. The van der Waals surface area contributed by atoms with Gasteiger partial charge in [0.2, 0.25) is 0 Å². The molecule has 152 valence electrons. The first-order valence-electron chi connectivity index (χ1n) is 9.34. The zero-order chi connectivity index (χ0) is 21.1. The number of carbonyl (C=O) groups is 2. The lowest BCUT2D eigenvalue weighted by Crippen LogP contribution is -2.57. The van der Waals surface area contributed by atoms with Gasteiger partial charge in [0.05, 0.1) is 0 Å². The summed E-state index contributed by atoms with van der Waals surface area (Å²) in [6, 6.07) is 20.1. The van der Waals surface area contributed by atoms with Crippen LogP contribution in [-0.4, -0.2) is 17.4 Å². The maximum Gasteiger partial charge on any atom is 0.252 e. The van der Waals surface area contributed by atoms with Crippen LogP contribution in [0.5, 0.6) is 0 Å². The van der Waals surface area contributed by atoms with Crippen LogP contribution in [0.3, 0.4) is 0 Å². The van der Waals surface area contributed by atoms with Crippen molar-refractivity contribution in [1.82, 2.24) is 5.32 Å². The lowest BCUT2D eigenvalue weighted by molar-refractivity contribution is -0.121. The van der Waals surface area contributed by atoms with Crippen LogP contribution in [0.4, 0.5) is 10.1 Å². The maximum atomic E-state index is 13.4. The molecule has 1 aliphatic carbocycles. The first-order valence-corrected chi connectivity index (χ1v) is 11.0. The van der Waals surface area contributed by atoms with Gasteiger partial charge in [-0.1, -0.05) is 24.3 Å². The Morgan fingerprint density at radius 1 is 0.900 bits per heavy atom. The summed E-state index contributed by atoms with van der Waals surface area (Å²) in [6.07, 6.45) is 0.745. The quantitative estimate of drug-likeness (QED) is 0.588. The summed E-state index contributed by atoms with van der Waals surface area (Å²) >= 11 is 0. The molecular weight excluding hydrogens is 423 g/mol. The van der Waals surface area contributed by atoms with E-state index in [1.54, 1.807) is 24.3 Å². The van der Waals surface area contributed by atoms with Crippen molar-refractivity contribution < 1.29 is 14.0 Å². The molecule has 0 spiro atoms. The Labute approximate surface area is 182 Å². The van der Waals surface area contributed by atoms with Gasteiger partial charge in [0.25, 0.3) is 11.8 Å². The van der Waals surface area contributed by atoms with Crippen LogP contribution in [0.2, 0.25) is 0 Å². The van der Waals surface area contributed by atoms with Crippen molar-refractivity contribution in [2.24, 2.45) is 0 Å². The molecule has 7 heteroatoms. The number of rotatable bonds is 5. The predicted octanol–water partition coefficient (Wildman–Crippen LogP) is 4.98. The minimum absolute atomic E-state index is 0.294. The highest BCUT2D eigenvalue weighted by molar-refractivity contribution is 8.21. The molecule has 0 unspecified atom stereocenters. The van der Waals surface area contributed by atoms with Gasteiger partial charge in [0, 0.05) is 29.0 Å². The molecule has 4 nitrogen and oxygen atoms in total. The first-order chi connectivity index (χ1) is 14.5. The van der Waals surface area contributed by atoms with Gasteiger partial charge in [0.15, 0.2) is 0 Å². The number of anilines is 1. The number of halogens is 2. The van der Waals surface area contributed by atoms with E-state index >= 15 is 0 Å². The normalized spacial score (nSPS) is 14.1. The zero-order valence-electron chi connectivity index (χ0n) is 15.8. The van der Waals surface area contributed by atoms with Crippen molar-refractivity contribution >= 4 is 39.2 Å². The van der Waals surface area contributed by atoms with Crippen LogP contribution in [0.25, 0.3) is 0 Å². The van der Waals surface area contributed by atoms with Crippen LogP contribution in [0.1, 0.15) is 21.5 Å². The van der Waals surface area contributed by atoms with Gasteiger partial charge in [-0.15, -0.1) is 0 Å². The largest absolute Gasteiger partial charge is 0.337 e. The van der Waals surface area contributed by atoms with Gasteiger partial charge < -0.3 is 10.6 Å². The van der Waals surface area contributed by atoms with E-state index in [0.717, 1.165) is 27.0 Å². The molecule has 0 aromatic heterocycles. The molecule has 3 aromatic rings. The van der Waals surface area contributed by atoms with Crippen molar-refractivity contribution in [2.75, 3.05) is 5.32 Å². The number of fused-ring (bicyclic) bond motifs is 1. The summed E-state index contributed by atoms with van der Waals surface area (Å²) < 4.78 is 13.2. The van der Waals surface area contributed by atoms with Gasteiger partial charge >= 0.3 is 0 Å². The smallest absolute Gasteiger partial charge is 0.252 e. The Bertz CT molecular complexity index is 1060. The number of nitrogens with one attached hydrogen (secondary N) is 2. The van der Waals surface area contributed by atoms with Crippen molar-refractivity contribution in [3.63, 3.8) is 0 Å². The third kappa shape index (κ3) is 4.20. The molecule has 2 N–H and O–H groups in total. The summed E-state index contributed by atoms with van der Waals surface area (Å²) in [4.78, 5) is 27.1. The standard InChI is InChI=1S/C23H18ClFN2O2S/c24-30-20-11-9-19(10-12-20)26-22(29)23(13-16-3-1-2-4-17(16)14-23)27-21(28)15-5-7-18(25)8-6-15/h1-12H,13-14H2,(H,26,29)(H,27,28). The van der Waals surface area contributed by atoms with E-state index in [1.165, 1.54) is 24.3 Å². The molecule has 0 saturated heterocycles. The third-order valence-corrected chi connectivity index (χ3v) is 6.18. The van der Waals surface area contributed by atoms with Crippen LogP contribution in [-0.2, 0) is 17.6 Å². The number of amides is 2. The summed E-state index contributed by atoms with van der Waals surface area (Å²) in [5, 5.41) is 5.83. The van der Waals surface area contributed by atoms with Crippen molar-refractivity contribution in [2.45, 2.75) is 23.3 Å². The van der Waals surface area contributed by atoms with E-state index in [1.807, 2.05) is 24.3 Å². The molecule has 0 fully saturated rings. The van der Waals surface area contributed by atoms with E-state index in [9.17, 15) is 14.0 Å². The monoisotopic (exact) mass is 440 g/mol. The third-order valence-electron chi connectivity index (χ3n) is 5.20. The number of hydrogen-bond acceptors (Lipinski definition) is 3. The van der Waals surface area contributed by atoms with E-state index in [-0.39, 0.29) is 5.91 Å². The van der Waals surface area contributed by atoms with Crippen molar-refractivity contribution in [3.05, 3.63) is 95.3 Å². The van der Waals surface area contributed by atoms with Crippen molar-refractivity contribution in [3.8, 4) is 0 Å². The van der Waals surface area contributed by atoms with E-state index in [0.29, 0.717) is 24.1 Å². The minimum atomic E-state index is -1.14. The zero-order valence-corrected chi connectivity index (χ0v) is 17.4. The highest BCUT2D eigenvalue weighted by atomic mass is 35.7. The fourth-order valence-electron chi connectivity index (χ4n) is 3.65. The summed E-state index contributed by atoms with van der Waals surface area (Å²) in [7, 11) is 6.84. The van der Waals surface area contributed by atoms with E-state index in [2.05, 4.69) is 10.6 Å². The minimum Gasteiger partial charge on any atom is -0.337 e. The molecule has 0 atom stereocenters. The molecule has 4 rings (SSSR count). The van der Waals surface area contributed by atoms with Crippen LogP contribution < -0.4 is 10.6 Å². The summed E-state index contributed by atoms with van der Waals surface area (Å²) in [5.74, 6) is -1.15. The van der Waals surface area contributed by atoms with Gasteiger partial charge in [-0.3, -0.25) is 9.59 Å². The van der Waals surface area contributed by atoms with Crippen LogP contribution in [0.15, 0.2) is 77.7 Å². The molecule has 0 bridgehead atoms. The topological polar surface area (TPSA) is 58.2 Å².